The number of amides is 1. The largest absolute Gasteiger partial charge is 0.497 e. The van der Waals surface area contributed by atoms with Crippen molar-refractivity contribution in [2.45, 2.75) is 12.6 Å². The van der Waals surface area contributed by atoms with Gasteiger partial charge >= 0.3 is 11.7 Å². The van der Waals surface area contributed by atoms with Gasteiger partial charge in [0.2, 0.25) is 0 Å². The van der Waals surface area contributed by atoms with Crippen molar-refractivity contribution in [1.82, 2.24) is 24.0 Å². The second-order valence-electron chi connectivity index (χ2n) is 6.43. The van der Waals surface area contributed by atoms with Crippen LogP contribution in [0.15, 0.2) is 35.3 Å². The summed E-state index contributed by atoms with van der Waals surface area (Å²) < 4.78 is 21.0. The topological polar surface area (TPSA) is 82.2 Å². The maximum absolute atomic E-state index is 13.5. The Morgan fingerprint density at radius 3 is 2.89 bits per heavy atom. The lowest BCUT2D eigenvalue weighted by Gasteiger charge is -2.14. The highest BCUT2D eigenvalue weighted by Gasteiger charge is 2.30. The van der Waals surface area contributed by atoms with Crippen molar-refractivity contribution in [2.75, 3.05) is 20.2 Å². The predicted octanol–water partition coefficient (Wildman–Crippen LogP) is 1.82. The van der Waals surface area contributed by atoms with Crippen LogP contribution < -0.4 is 10.4 Å². The van der Waals surface area contributed by atoms with Crippen molar-refractivity contribution < 1.29 is 13.9 Å². The van der Waals surface area contributed by atoms with Crippen molar-refractivity contribution in [3.63, 3.8) is 0 Å². The molecule has 27 heavy (non-hydrogen) atoms. The maximum Gasteiger partial charge on any atom is 0.338 e. The second-order valence-corrected chi connectivity index (χ2v) is 6.43. The normalized spacial score (nSPS) is 16.9. The van der Waals surface area contributed by atoms with Crippen molar-refractivity contribution in [2.24, 2.45) is 7.05 Å². The number of hydrogen-bond acceptors (Lipinski definition) is 5. The lowest BCUT2D eigenvalue weighted by molar-refractivity contribution is 0.206. The van der Waals surface area contributed by atoms with Gasteiger partial charge in [0.05, 0.1) is 19.9 Å². The quantitative estimate of drug-likeness (QED) is 0.686. The van der Waals surface area contributed by atoms with Gasteiger partial charge in [-0.1, -0.05) is 12.1 Å². The molecular formula is C18H18FN5O3. The van der Waals surface area contributed by atoms with Gasteiger partial charge in [-0.3, -0.25) is 4.57 Å². The molecule has 1 atom stereocenters. The fourth-order valence-electron chi connectivity index (χ4n) is 3.23. The van der Waals surface area contributed by atoms with Gasteiger partial charge in [0.15, 0.2) is 11.5 Å². The minimum atomic E-state index is -1.06. The number of alkyl halides is 1. The minimum absolute atomic E-state index is 0.00951. The van der Waals surface area contributed by atoms with E-state index in [0.717, 1.165) is 10.1 Å². The number of halogens is 1. The Hall–Kier alpha value is -3.23. The summed E-state index contributed by atoms with van der Waals surface area (Å²) in [5.74, 6) is 1.07. The molecule has 140 valence electrons. The number of fused-ring (bicyclic) bond motifs is 1. The molecule has 0 radical (unpaired) electrons. The van der Waals surface area contributed by atoms with Crippen LogP contribution in [0.2, 0.25) is 0 Å². The number of rotatable bonds is 2. The van der Waals surface area contributed by atoms with Crippen LogP contribution in [0.3, 0.4) is 0 Å². The first kappa shape index (κ1) is 17.2. The molecule has 9 heteroatoms. The molecule has 1 saturated heterocycles. The summed E-state index contributed by atoms with van der Waals surface area (Å²) >= 11 is 0. The van der Waals surface area contributed by atoms with Crippen molar-refractivity contribution in [3.05, 3.63) is 40.9 Å². The molecule has 1 fully saturated rings. The van der Waals surface area contributed by atoms with Crippen LogP contribution in [0.4, 0.5) is 9.18 Å². The zero-order valence-corrected chi connectivity index (χ0v) is 14.9. The third-order valence-corrected chi connectivity index (χ3v) is 4.71. The Labute approximate surface area is 153 Å². The molecule has 1 amide bonds. The van der Waals surface area contributed by atoms with E-state index in [2.05, 4.69) is 9.97 Å². The minimum Gasteiger partial charge on any atom is -0.497 e. The lowest BCUT2D eigenvalue weighted by atomic mass is 10.2. The Bertz CT molecular complexity index is 1090. The molecule has 0 spiro atoms. The van der Waals surface area contributed by atoms with Gasteiger partial charge in [-0.05, 0) is 18.6 Å². The monoisotopic (exact) mass is 371 g/mol. The summed E-state index contributed by atoms with van der Waals surface area (Å²) in [7, 11) is 3.11. The number of carbonyl (C=O) groups excluding carboxylic acids is 1. The standard InChI is InChI=1S/C18H18FN5O3/c1-22-16-14(24(17(22)25)18(26)23-7-6-12(19)10-23)9-20-15(21-16)11-4-3-5-13(8-11)27-2/h3-5,8-9,12H,6-7,10H2,1-2H3/t12-/m0/s1. The average molecular weight is 371 g/mol. The van der Waals surface area contributed by atoms with Crippen LogP contribution in [-0.4, -0.2) is 56.4 Å². The van der Waals surface area contributed by atoms with Gasteiger partial charge < -0.3 is 9.64 Å². The van der Waals surface area contributed by atoms with Crippen molar-refractivity contribution >= 4 is 17.2 Å². The molecule has 0 bridgehead atoms. The number of aryl methyl sites for hydroxylation is 1. The number of nitrogens with zero attached hydrogens (tertiary/aromatic N) is 5. The number of hydrogen-bond donors (Lipinski definition) is 0. The molecule has 1 aromatic carbocycles. The van der Waals surface area contributed by atoms with Crippen LogP contribution >= 0.6 is 0 Å². The number of methoxy groups -OCH3 is 1. The summed E-state index contributed by atoms with van der Waals surface area (Å²) in [6.45, 7) is 0.274. The van der Waals surface area contributed by atoms with Gasteiger partial charge in [0.25, 0.3) is 0 Å². The maximum atomic E-state index is 13.5. The Balaban J connectivity index is 1.80. The Kier molecular flexibility index (Phi) is 4.14. The molecule has 3 aromatic rings. The van der Waals surface area contributed by atoms with E-state index in [0.29, 0.717) is 22.7 Å². The fourth-order valence-corrected chi connectivity index (χ4v) is 3.23. The summed E-state index contributed by atoms with van der Waals surface area (Å²) in [6, 6.07) is 6.68. The molecule has 1 aliphatic rings. The Morgan fingerprint density at radius 1 is 1.37 bits per heavy atom. The van der Waals surface area contributed by atoms with Crippen LogP contribution in [-0.2, 0) is 7.05 Å². The van der Waals surface area contributed by atoms with E-state index in [1.54, 1.807) is 26.3 Å². The molecule has 2 aromatic heterocycles. The zero-order chi connectivity index (χ0) is 19.1. The van der Waals surface area contributed by atoms with Crippen LogP contribution in [0.25, 0.3) is 22.6 Å². The molecule has 8 nitrogen and oxygen atoms in total. The molecule has 3 heterocycles. The first-order valence-corrected chi connectivity index (χ1v) is 8.52. The van der Waals surface area contributed by atoms with Gasteiger partial charge in [0, 0.05) is 19.2 Å². The summed E-state index contributed by atoms with van der Waals surface area (Å²) in [5, 5.41) is 0. The molecule has 0 saturated carbocycles. The number of ether oxygens (including phenoxy) is 1. The zero-order valence-electron chi connectivity index (χ0n) is 14.9. The van der Waals surface area contributed by atoms with E-state index in [-0.39, 0.29) is 19.5 Å². The van der Waals surface area contributed by atoms with Gasteiger partial charge in [-0.25, -0.2) is 28.5 Å². The predicted molar refractivity (Wildman–Crippen MR) is 96.6 cm³/mol. The molecule has 0 unspecified atom stereocenters. The lowest BCUT2D eigenvalue weighted by Crippen LogP contribution is -2.39. The van der Waals surface area contributed by atoms with Crippen molar-refractivity contribution in [3.8, 4) is 17.1 Å². The number of likely N-dealkylation sites (tertiary alicyclic amines) is 1. The second kappa shape index (κ2) is 6.49. The number of benzene rings is 1. The van der Waals surface area contributed by atoms with Crippen molar-refractivity contribution in [1.29, 1.82) is 0 Å². The van der Waals surface area contributed by atoms with Crippen LogP contribution in [0.5, 0.6) is 5.75 Å². The number of carbonyl (C=O) groups is 1. The van der Waals surface area contributed by atoms with E-state index in [1.807, 2.05) is 12.1 Å². The van der Waals surface area contributed by atoms with E-state index in [4.69, 9.17) is 4.74 Å². The first-order valence-electron chi connectivity index (χ1n) is 8.52. The van der Waals surface area contributed by atoms with Crippen LogP contribution in [0, 0.1) is 0 Å². The summed E-state index contributed by atoms with van der Waals surface area (Å²) in [6.07, 6.45) is 0.664. The highest BCUT2D eigenvalue weighted by Crippen LogP contribution is 2.22. The van der Waals surface area contributed by atoms with E-state index in [9.17, 15) is 14.0 Å². The third-order valence-electron chi connectivity index (χ3n) is 4.71. The Morgan fingerprint density at radius 2 is 2.19 bits per heavy atom. The first-order chi connectivity index (χ1) is 13.0. The van der Waals surface area contributed by atoms with Gasteiger partial charge in [0.1, 0.15) is 17.4 Å². The van der Waals surface area contributed by atoms with Crippen LogP contribution in [0.1, 0.15) is 6.42 Å². The number of imidazole rings is 1. The highest BCUT2D eigenvalue weighted by molar-refractivity contribution is 5.88. The third kappa shape index (κ3) is 2.84. The SMILES string of the molecule is COc1cccc(-c2ncc3c(n2)n(C)c(=O)n3C(=O)N2CC[C@H](F)C2)c1. The number of aromatic nitrogens is 4. The highest BCUT2D eigenvalue weighted by atomic mass is 19.1. The van der Waals surface area contributed by atoms with E-state index < -0.39 is 17.9 Å². The smallest absolute Gasteiger partial charge is 0.338 e. The molecule has 0 N–H and O–H groups in total. The van der Waals surface area contributed by atoms with E-state index >= 15 is 0 Å². The average Bonchev–Trinajstić information content (AvgIpc) is 3.23. The molecule has 4 rings (SSSR count). The molecular weight excluding hydrogens is 353 g/mol. The summed E-state index contributed by atoms with van der Waals surface area (Å²) in [5.41, 5.74) is 0.815. The van der Waals surface area contributed by atoms with Gasteiger partial charge in [-0.2, -0.15) is 0 Å². The molecule has 0 aliphatic carbocycles. The van der Waals surface area contributed by atoms with E-state index in [1.165, 1.54) is 15.7 Å². The summed E-state index contributed by atoms with van der Waals surface area (Å²) in [4.78, 5) is 35.4. The molecule has 1 aliphatic heterocycles. The fraction of sp³-hybridized carbons (Fsp3) is 0.333. The van der Waals surface area contributed by atoms with Gasteiger partial charge in [-0.15, -0.1) is 0 Å².